The lowest BCUT2D eigenvalue weighted by molar-refractivity contribution is -0.137. The molecule has 0 aliphatic carbocycles. The normalized spacial score (nSPS) is 11.0. The van der Waals surface area contributed by atoms with Crippen molar-refractivity contribution in [2.75, 3.05) is 17.7 Å². The summed E-state index contributed by atoms with van der Waals surface area (Å²) in [6, 6.07) is 11.0. The number of benzene rings is 2. The molecule has 0 bridgehead atoms. The lowest BCUT2D eigenvalue weighted by atomic mass is 10.1. The minimum atomic E-state index is -4.54. The van der Waals surface area contributed by atoms with Gasteiger partial charge in [0.15, 0.2) is 6.61 Å². The monoisotopic (exact) mass is 310 g/mol. The molecule has 0 atom stereocenters. The molecular formula is C15H13F3N2O2. The molecule has 3 N–H and O–H groups in total. The van der Waals surface area contributed by atoms with Crippen molar-refractivity contribution >= 4 is 17.3 Å². The van der Waals surface area contributed by atoms with Gasteiger partial charge in [0.1, 0.15) is 5.75 Å². The lowest BCUT2D eigenvalue weighted by Gasteiger charge is -2.13. The van der Waals surface area contributed by atoms with E-state index >= 15 is 0 Å². The Kier molecular flexibility index (Phi) is 4.55. The molecule has 7 heteroatoms. The number of carbonyl (C=O) groups is 1. The molecule has 4 nitrogen and oxygen atoms in total. The molecule has 1 amide bonds. The van der Waals surface area contributed by atoms with Crippen molar-refractivity contribution in [3.8, 4) is 5.75 Å². The molecule has 2 aromatic rings. The zero-order valence-corrected chi connectivity index (χ0v) is 11.4. The number of anilines is 2. The number of para-hydroxylation sites is 1. The van der Waals surface area contributed by atoms with Gasteiger partial charge in [-0.1, -0.05) is 12.1 Å². The number of amides is 1. The second-order valence-electron chi connectivity index (χ2n) is 4.45. The maximum atomic E-state index is 12.8. The maximum Gasteiger partial charge on any atom is 0.418 e. The number of ether oxygens (including phenoxy) is 1. The van der Waals surface area contributed by atoms with Crippen LogP contribution in [0.15, 0.2) is 48.5 Å². The minimum Gasteiger partial charge on any atom is -0.484 e. The van der Waals surface area contributed by atoms with Crippen molar-refractivity contribution in [2.45, 2.75) is 6.18 Å². The molecule has 0 aliphatic heterocycles. The van der Waals surface area contributed by atoms with Gasteiger partial charge in [-0.15, -0.1) is 0 Å². The molecule has 0 saturated heterocycles. The van der Waals surface area contributed by atoms with Crippen LogP contribution < -0.4 is 15.8 Å². The predicted octanol–water partition coefficient (Wildman–Crippen LogP) is 3.31. The second-order valence-corrected chi connectivity index (χ2v) is 4.45. The van der Waals surface area contributed by atoms with Gasteiger partial charge in [-0.25, -0.2) is 0 Å². The molecule has 0 fully saturated rings. The van der Waals surface area contributed by atoms with Gasteiger partial charge in [-0.3, -0.25) is 4.79 Å². The minimum absolute atomic E-state index is 0.305. The van der Waals surface area contributed by atoms with E-state index in [1.165, 1.54) is 18.2 Å². The third-order valence-corrected chi connectivity index (χ3v) is 2.76. The van der Waals surface area contributed by atoms with Crippen molar-refractivity contribution in [1.29, 1.82) is 0 Å². The first-order chi connectivity index (χ1) is 10.4. The number of alkyl halides is 3. The third-order valence-electron chi connectivity index (χ3n) is 2.76. The van der Waals surface area contributed by atoms with Gasteiger partial charge in [0, 0.05) is 5.69 Å². The average molecular weight is 310 g/mol. The van der Waals surface area contributed by atoms with Crippen molar-refractivity contribution < 1.29 is 22.7 Å². The Morgan fingerprint density at radius 1 is 1.09 bits per heavy atom. The van der Waals surface area contributed by atoms with Gasteiger partial charge in [0.25, 0.3) is 5.91 Å². The van der Waals surface area contributed by atoms with E-state index in [-0.39, 0.29) is 5.69 Å². The van der Waals surface area contributed by atoms with E-state index in [9.17, 15) is 18.0 Å². The van der Waals surface area contributed by atoms with Crippen LogP contribution in [-0.2, 0) is 11.0 Å². The first kappa shape index (κ1) is 15.7. The molecule has 0 spiro atoms. The fourth-order valence-corrected chi connectivity index (χ4v) is 1.74. The Balaban J connectivity index is 1.99. The van der Waals surface area contributed by atoms with E-state index in [4.69, 9.17) is 10.5 Å². The van der Waals surface area contributed by atoms with E-state index in [1.54, 1.807) is 24.3 Å². The molecule has 0 aromatic heterocycles. The number of halogens is 3. The zero-order chi connectivity index (χ0) is 16.2. The number of rotatable bonds is 4. The SMILES string of the molecule is Nc1ccc(OCC(=O)Nc2ccccc2C(F)(F)F)cc1. The van der Waals surface area contributed by atoms with Gasteiger partial charge in [-0.2, -0.15) is 13.2 Å². The highest BCUT2D eigenvalue weighted by atomic mass is 19.4. The second kappa shape index (κ2) is 6.38. The summed E-state index contributed by atoms with van der Waals surface area (Å²) >= 11 is 0. The summed E-state index contributed by atoms with van der Waals surface area (Å²) in [5.74, 6) is -0.290. The van der Waals surface area contributed by atoms with E-state index < -0.39 is 24.3 Å². The maximum absolute atomic E-state index is 12.8. The fourth-order valence-electron chi connectivity index (χ4n) is 1.74. The molecule has 22 heavy (non-hydrogen) atoms. The van der Waals surface area contributed by atoms with E-state index in [0.29, 0.717) is 11.4 Å². The quantitative estimate of drug-likeness (QED) is 0.852. The molecule has 0 saturated carbocycles. The Labute approximate surface area is 124 Å². The molecule has 2 aromatic carbocycles. The number of hydrogen-bond acceptors (Lipinski definition) is 3. The number of nitrogen functional groups attached to an aromatic ring is 1. The summed E-state index contributed by atoms with van der Waals surface area (Å²) in [6.07, 6.45) is -4.54. The van der Waals surface area contributed by atoms with Crippen molar-refractivity contribution in [3.05, 3.63) is 54.1 Å². The standard InChI is InChI=1S/C15H13F3N2O2/c16-15(17,18)12-3-1-2-4-13(12)20-14(21)9-22-11-7-5-10(19)6-8-11/h1-8H,9,19H2,(H,20,21). The molecule has 0 aliphatic rings. The van der Waals surface area contributed by atoms with Gasteiger partial charge in [0.05, 0.1) is 11.3 Å². The van der Waals surface area contributed by atoms with Crippen LogP contribution >= 0.6 is 0 Å². The van der Waals surface area contributed by atoms with Crippen LogP contribution in [0.3, 0.4) is 0 Å². The summed E-state index contributed by atoms with van der Waals surface area (Å²) in [5, 5.41) is 2.19. The molecule has 0 unspecified atom stereocenters. The molecular weight excluding hydrogens is 297 g/mol. The fraction of sp³-hybridized carbons (Fsp3) is 0.133. The van der Waals surface area contributed by atoms with E-state index in [2.05, 4.69) is 5.32 Å². The average Bonchev–Trinajstić information content (AvgIpc) is 2.46. The molecule has 0 heterocycles. The summed E-state index contributed by atoms with van der Waals surface area (Å²) in [4.78, 5) is 11.7. The summed E-state index contributed by atoms with van der Waals surface area (Å²) < 4.78 is 43.6. The van der Waals surface area contributed by atoms with Crippen LogP contribution in [0.25, 0.3) is 0 Å². The molecule has 0 radical (unpaired) electrons. The Hall–Kier alpha value is -2.70. The van der Waals surface area contributed by atoms with Crippen LogP contribution in [-0.4, -0.2) is 12.5 Å². The van der Waals surface area contributed by atoms with Crippen LogP contribution in [0, 0.1) is 0 Å². The van der Waals surface area contributed by atoms with Crippen molar-refractivity contribution in [1.82, 2.24) is 0 Å². The lowest BCUT2D eigenvalue weighted by Crippen LogP contribution is -2.22. The number of nitrogens with one attached hydrogen (secondary N) is 1. The van der Waals surface area contributed by atoms with Crippen molar-refractivity contribution in [2.24, 2.45) is 0 Å². The van der Waals surface area contributed by atoms with Crippen molar-refractivity contribution in [3.63, 3.8) is 0 Å². The molecule has 2 rings (SSSR count). The highest BCUT2D eigenvalue weighted by molar-refractivity contribution is 5.92. The first-order valence-corrected chi connectivity index (χ1v) is 6.30. The summed E-state index contributed by atoms with van der Waals surface area (Å²) in [5.41, 5.74) is 4.83. The summed E-state index contributed by atoms with van der Waals surface area (Å²) in [6.45, 7) is -0.407. The Bertz CT molecular complexity index is 655. The zero-order valence-electron chi connectivity index (χ0n) is 11.4. The Morgan fingerprint density at radius 2 is 1.73 bits per heavy atom. The highest BCUT2D eigenvalue weighted by Crippen LogP contribution is 2.34. The third kappa shape index (κ3) is 4.15. The number of carbonyl (C=O) groups excluding carboxylic acids is 1. The van der Waals surface area contributed by atoms with E-state index in [0.717, 1.165) is 6.07 Å². The van der Waals surface area contributed by atoms with Gasteiger partial charge in [-0.05, 0) is 36.4 Å². The largest absolute Gasteiger partial charge is 0.484 e. The molecule has 116 valence electrons. The smallest absolute Gasteiger partial charge is 0.418 e. The van der Waals surface area contributed by atoms with Crippen LogP contribution in [0.4, 0.5) is 24.5 Å². The number of hydrogen-bond donors (Lipinski definition) is 2. The number of nitrogens with two attached hydrogens (primary N) is 1. The van der Waals surface area contributed by atoms with Crippen LogP contribution in [0.2, 0.25) is 0 Å². The summed E-state index contributed by atoms with van der Waals surface area (Å²) in [7, 11) is 0. The van der Waals surface area contributed by atoms with E-state index in [1.807, 2.05) is 0 Å². The predicted molar refractivity (Wildman–Crippen MR) is 76.4 cm³/mol. The van der Waals surface area contributed by atoms with Gasteiger partial charge < -0.3 is 15.8 Å². The van der Waals surface area contributed by atoms with Crippen LogP contribution in [0.5, 0.6) is 5.75 Å². The Morgan fingerprint density at radius 3 is 2.36 bits per heavy atom. The van der Waals surface area contributed by atoms with Gasteiger partial charge in [0.2, 0.25) is 0 Å². The topological polar surface area (TPSA) is 64.3 Å². The highest BCUT2D eigenvalue weighted by Gasteiger charge is 2.33. The van der Waals surface area contributed by atoms with Gasteiger partial charge >= 0.3 is 6.18 Å². The first-order valence-electron chi connectivity index (χ1n) is 6.30. The van der Waals surface area contributed by atoms with Crippen LogP contribution in [0.1, 0.15) is 5.56 Å².